The van der Waals surface area contributed by atoms with Crippen LogP contribution in [0, 0.1) is 0 Å². The summed E-state index contributed by atoms with van der Waals surface area (Å²) in [7, 11) is -3.94. The highest BCUT2D eigenvalue weighted by atomic mass is 32.2. The summed E-state index contributed by atoms with van der Waals surface area (Å²) in [5.41, 5.74) is 0.423. The molecule has 0 atom stereocenters. The number of nitrogens with one attached hydrogen (secondary N) is 2. The molecule has 7 heteroatoms. The summed E-state index contributed by atoms with van der Waals surface area (Å²) in [4.78, 5) is 23.1. The van der Waals surface area contributed by atoms with E-state index in [1.54, 1.807) is 0 Å². The zero-order chi connectivity index (χ0) is 16.9. The van der Waals surface area contributed by atoms with Gasteiger partial charge in [0.1, 0.15) is 0 Å². The summed E-state index contributed by atoms with van der Waals surface area (Å²) < 4.78 is 26.4. The Morgan fingerprint density at radius 3 is 2.09 bits per heavy atom. The molecule has 0 heterocycles. The van der Waals surface area contributed by atoms with Crippen LogP contribution in [0.4, 0.5) is 4.79 Å². The van der Waals surface area contributed by atoms with Crippen molar-refractivity contribution >= 4 is 21.8 Å². The number of hydrogen-bond acceptors (Lipinski definition) is 4. The van der Waals surface area contributed by atoms with Crippen LogP contribution in [0.25, 0.3) is 0 Å². The molecule has 126 valence electrons. The lowest BCUT2D eigenvalue weighted by Crippen LogP contribution is -2.44. The number of sulfonamides is 1. The van der Waals surface area contributed by atoms with Crippen LogP contribution in [0.2, 0.25) is 0 Å². The maximum absolute atomic E-state index is 12.2. The number of amides is 2. The minimum atomic E-state index is -3.94. The van der Waals surface area contributed by atoms with E-state index in [2.05, 4.69) is 5.32 Å². The predicted molar refractivity (Wildman–Crippen MR) is 86.8 cm³/mol. The van der Waals surface area contributed by atoms with Crippen LogP contribution < -0.4 is 10.0 Å². The SMILES string of the molecule is CC(=O)c1ccc(S(=O)(=O)NC(=O)NC2CCCCCC2)cc1. The first-order valence-electron chi connectivity index (χ1n) is 7.83. The number of carbonyl (C=O) groups is 2. The van der Waals surface area contributed by atoms with Gasteiger partial charge in [0.25, 0.3) is 10.0 Å². The average Bonchev–Trinajstić information content (AvgIpc) is 2.75. The number of carbonyl (C=O) groups excluding carboxylic acids is 2. The van der Waals surface area contributed by atoms with E-state index in [1.807, 2.05) is 4.72 Å². The van der Waals surface area contributed by atoms with E-state index in [9.17, 15) is 18.0 Å². The van der Waals surface area contributed by atoms with Gasteiger partial charge >= 0.3 is 6.03 Å². The number of hydrogen-bond donors (Lipinski definition) is 2. The van der Waals surface area contributed by atoms with Gasteiger partial charge in [0.2, 0.25) is 0 Å². The number of urea groups is 1. The van der Waals surface area contributed by atoms with Gasteiger partial charge in [-0.05, 0) is 31.9 Å². The Labute approximate surface area is 136 Å². The fourth-order valence-corrected chi connectivity index (χ4v) is 3.60. The summed E-state index contributed by atoms with van der Waals surface area (Å²) in [6.07, 6.45) is 6.15. The van der Waals surface area contributed by atoms with Gasteiger partial charge in [0.15, 0.2) is 5.78 Å². The van der Waals surface area contributed by atoms with Gasteiger partial charge in [-0.2, -0.15) is 0 Å². The number of rotatable bonds is 4. The molecule has 0 aliphatic heterocycles. The van der Waals surface area contributed by atoms with E-state index in [1.165, 1.54) is 31.2 Å². The molecule has 0 saturated heterocycles. The Morgan fingerprint density at radius 2 is 1.57 bits per heavy atom. The normalized spacial score (nSPS) is 16.4. The maximum Gasteiger partial charge on any atom is 0.328 e. The van der Waals surface area contributed by atoms with E-state index in [0.717, 1.165) is 38.5 Å². The van der Waals surface area contributed by atoms with Crippen molar-refractivity contribution in [2.24, 2.45) is 0 Å². The second-order valence-electron chi connectivity index (χ2n) is 5.85. The Kier molecular flexibility index (Phi) is 5.76. The van der Waals surface area contributed by atoms with E-state index < -0.39 is 16.1 Å². The molecule has 2 rings (SSSR count). The molecule has 1 aliphatic carbocycles. The van der Waals surface area contributed by atoms with Crippen LogP contribution in [-0.4, -0.2) is 26.3 Å². The van der Waals surface area contributed by atoms with Gasteiger partial charge in [0, 0.05) is 11.6 Å². The van der Waals surface area contributed by atoms with Gasteiger partial charge in [-0.1, -0.05) is 37.8 Å². The third-order valence-corrected chi connectivity index (χ3v) is 5.34. The monoisotopic (exact) mass is 338 g/mol. The summed E-state index contributed by atoms with van der Waals surface area (Å²) in [6.45, 7) is 1.40. The fraction of sp³-hybridized carbons (Fsp3) is 0.500. The van der Waals surface area contributed by atoms with E-state index in [4.69, 9.17) is 0 Å². The Bertz CT molecular complexity index is 660. The minimum absolute atomic E-state index is 0.0211. The van der Waals surface area contributed by atoms with Crippen LogP contribution in [0.15, 0.2) is 29.2 Å². The molecule has 6 nitrogen and oxygen atoms in total. The largest absolute Gasteiger partial charge is 0.335 e. The quantitative estimate of drug-likeness (QED) is 0.652. The summed E-state index contributed by atoms with van der Waals surface area (Å²) in [5.74, 6) is -0.145. The first kappa shape index (κ1) is 17.5. The first-order valence-corrected chi connectivity index (χ1v) is 9.31. The van der Waals surface area contributed by atoms with Crippen molar-refractivity contribution in [3.8, 4) is 0 Å². The smallest absolute Gasteiger partial charge is 0.328 e. The zero-order valence-corrected chi connectivity index (χ0v) is 14.0. The molecular formula is C16H22N2O4S. The average molecular weight is 338 g/mol. The minimum Gasteiger partial charge on any atom is -0.335 e. The molecule has 0 aromatic heterocycles. The van der Waals surface area contributed by atoms with Gasteiger partial charge in [-0.3, -0.25) is 4.79 Å². The molecule has 2 amide bonds. The molecule has 1 aromatic rings. The molecule has 0 spiro atoms. The molecule has 0 unspecified atom stereocenters. The van der Waals surface area contributed by atoms with E-state index >= 15 is 0 Å². The fourth-order valence-electron chi connectivity index (χ4n) is 2.69. The Morgan fingerprint density at radius 1 is 1.00 bits per heavy atom. The molecule has 1 saturated carbocycles. The van der Waals surface area contributed by atoms with Crippen LogP contribution >= 0.6 is 0 Å². The van der Waals surface area contributed by atoms with Crippen molar-refractivity contribution in [1.29, 1.82) is 0 Å². The van der Waals surface area contributed by atoms with Gasteiger partial charge in [-0.25, -0.2) is 17.9 Å². The summed E-state index contributed by atoms with van der Waals surface area (Å²) >= 11 is 0. The second kappa shape index (κ2) is 7.59. The molecule has 2 N–H and O–H groups in total. The molecule has 0 bridgehead atoms. The third-order valence-electron chi connectivity index (χ3n) is 3.99. The molecule has 1 aliphatic rings. The van der Waals surface area contributed by atoms with Crippen LogP contribution in [0.3, 0.4) is 0 Å². The summed E-state index contributed by atoms with van der Waals surface area (Å²) in [6, 6.07) is 4.82. The predicted octanol–water partition coefficient (Wildman–Crippen LogP) is 2.60. The molecule has 0 radical (unpaired) electrons. The van der Waals surface area contributed by atoms with E-state index in [-0.39, 0.29) is 16.7 Å². The van der Waals surface area contributed by atoms with Crippen molar-refractivity contribution in [2.75, 3.05) is 0 Å². The Hall–Kier alpha value is -1.89. The first-order chi connectivity index (χ1) is 10.9. The zero-order valence-electron chi connectivity index (χ0n) is 13.2. The lowest BCUT2D eigenvalue weighted by molar-refractivity contribution is 0.101. The molecule has 1 aromatic carbocycles. The lowest BCUT2D eigenvalue weighted by atomic mass is 10.1. The topological polar surface area (TPSA) is 92.3 Å². The van der Waals surface area contributed by atoms with Crippen LogP contribution in [-0.2, 0) is 10.0 Å². The molecule has 1 fully saturated rings. The maximum atomic E-state index is 12.2. The summed E-state index contributed by atoms with van der Waals surface area (Å²) in [5, 5.41) is 2.73. The lowest BCUT2D eigenvalue weighted by Gasteiger charge is -2.16. The standard InChI is InChI=1S/C16H22N2O4S/c1-12(19)13-8-10-15(11-9-13)23(21,22)18-16(20)17-14-6-4-2-3-5-7-14/h8-11,14H,2-7H2,1H3,(H2,17,18,20). The van der Waals surface area contributed by atoms with E-state index in [0.29, 0.717) is 5.56 Å². The van der Waals surface area contributed by atoms with Gasteiger partial charge < -0.3 is 5.32 Å². The highest BCUT2D eigenvalue weighted by Gasteiger charge is 2.20. The number of benzene rings is 1. The van der Waals surface area contributed by atoms with Crippen molar-refractivity contribution < 1.29 is 18.0 Å². The molecule has 23 heavy (non-hydrogen) atoms. The van der Waals surface area contributed by atoms with Crippen molar-refractivity contribution in [1.82, 2.24) is 10.0 Å². The third kappa shape index (κ3) is 5.06. The number of Topliss-reactive ketones (excluding diaryl/α,β-unsaturated/α-hetero) is 1. The van der Waals surface area contributed by atoms with Crippen molar-refractivity contribution in [2.45, 2.75) is 56.4 Å². The van der Waals surface area contributed by atoms with Crippen molar-refractivity contribution in [3.63, 3.8) is 0 Å². The van der Waals surface area contributed by atoms with Crippen LogP contribution in [0.1, 0.15) is 55.8 Å². The van der Waals surface area contributed by atoms with Crippen LogP contribution in [0.5, 0.6) is 0 Å². The van der Waals surface area contributed by atoms with Crippen molar-refractivity contribution in [3.05, 3.63) is 29.8 Å². The van der Waals surface area contributed by atoms with Gasteiger partial charge in [0.05, 0.1) is 4.90 Å². The van der Waals surface area contributed by atoms with Gasteiger partial charge in [-0.15, -0.1) is 0 Å². The number of ketones is 1. The Balaban J connectivity index is 1.99. The molecular weight excluding hydrogens is 316 g/mol. The highest BCUT2D eigenvalue weighted by Crippen LogP contribution is 2.17. The second-order valence-corrected chi connectivity index (χ2v) is 7.53. The highest BCUT2D eigenvalue weighted by molar-refractivity contribution is 7.90.